The highest BCUT2D eigenvalue weighted by Crippen LogP contribution is 1.99. The molecule has 0 amide bonds. The SMILES string of the molecule is C=C(S)OOCCOOC(=C)S. The first kappa shape index (κ1) is 11.7. The van der Waals surface area contributed by atoms with Gasteiger partial charge in [0, 0.05) is 0 Å². The monoisotopic (exact) mass is 210 g/mol. The molecule has 0 unspecified atom stereocenters. The summed E-state index contributed by atoms with van der Waals surface area (Å²) in [6.45, 7) is 7.03. The van der Waals surface area contributed by atoms with E-state index in [-0.39, 0.29) is 23.4 Å². The fourth-order valence-electron chi connectivity index (χ4n) is 0.287. The van der Waals surface area contributed by atoms with E-state index >= 15 is 0 Å². The number of hydrogen-bond acceptors (Lipinski definition) is 6. The van der Waals surface area contributed by atoms with Crippen molar-refractivity contribution in [3.63, 3.8) is 0 Å². The molecule has 0 aliphatic carbocycles. The van der Waals surface area contributed by atoms with Crippen LogP contribution in [-0.4, -0.2) is 13.2 Å². The summed E-state index contributed by atoms with van der Waals surface area (Å²) in [6, 6.07) is 0. The average molecular weight is 210 g/mol. The molecular weight excluding hydrogens is 200 g/mol. The van der Waals surface area contributed by atoms with Crippen LogP contribution in [0, 0.1) is 0 Å². The van der Waals surface area contributed by atoms with Crippen LogP contribution >= 0.6 is 25.3 Å². The maximum absolute atomic E-state index is 4.54. The summed E-state index contributed by atoms with van der Waals surface area (Å²) in [5.74, 6) is 0. The zero-order chi connectivity index (χ0) is 9.40. The van der Waals surface area contributed by atoms with Crippen LogP contribution < -0.4 is 0 Å². The average Bonchev–Trinajstić information content (AvgIpc) is 1.95. The van der Waals surface area contributed by atoms with E-state index in [9.17, 15) is 0 Å². The van der Waals surface area contributed by atoms with Gasteiger partial charge in [0.1, 0.15) is 13.2 Å². The molecule has 0 aromatic heterocycles. The van der Waals surface area contributed by atoms with E-state index in [1.54, 1.807) is 0 Å². The molecule has 0 aromatic carbocycles. The van der Waals surface area contributed by atoms with Crippen molar-refractivity contribution < 1.29 is 19.6 Å². The Morgan fingerprint density at radius 1 is 0.917 bits per heavy atom. The van der Waals surface area contributed by atoms with Gasteiger partial charge in [0.15, 0.2) is 10.2 Å². The molecule has 0 bridgehead atoms. The maximum Gasteiger partial charge on any atom is 0.188 e. The van der Waals surface area contributed by atoms with E-state index in [2.05, 4.69) is 58.0 Å². The van der Waals surface area contributed by atoms with Crippen molar-refractivity contribution in [1.29, 1.82) is 0 Å². The van der Waals surface area contributed by atoms with Crippen LogP contribution in [0.3, 0.4) is 0 Å². The second-order valence-corrected chi connectivity index (χ2v) is 2.60. The van der Waals surface area contributed by atoms with Crippen LogP contribution in [0.4, 0.5) is 0 Å². The second kappa shape index (κ2) is 7.35. The van der Waals surface area contributed by atoms with Gasteiger partial charge in [0.2, 0.25) is 0 Å². The third kappa shape index (κ3) is 9.70. The summed E-state index contributed by atoms with van der Waals surface area (Å²) in [4.78, 5) is 18.0. The first-order chi connectivity index (χ1) is 5.63. The molecule has 0 heterocycles. The molecule has 0 radical (unpaired) electrons. The normalized spacial score (nSPS) is 9.17. The van der Waals surface area contributed by atoms with E-state index < -0.39 is 0 Å². The fourth-order valence-corrected chi connectivity index (χ4v) is 0.393. The Morgan fingerprint density at radius 3 is 1.50 bits per heavy atom. The molecule has 4 nitrogen and oxygen atoms in total. The zero-order valence-corrected chi connectivity index (χ0v) is 8.14. The van der Waals surface area contributed by atoms with Gasteiger partial charge in [0.25, 0.3) is 0 Å². The van der Waals surface area contributed by atoms with Crippen LogP contribution in [-0.2, 0) is 19.6 Å². The Kier molecular flexibility index (Phi) is 7.17. The van der Waals surface area contributed by atoms with Crippen LogP contribution in [0.1, 0.15) is 0 Å². The van der Waals surface area contributed by atoms with Crippen molar-refractivity contribution in [2.75, 3.05) is 13.2 Å². The van der Waals surface area contributed by atoms with Gasteiger partial charge in [0.05, 0.1) is 0 Å². The lowest BCUT2D eigenvalue weighted by atomic mass is 10.8. The van der Waals surface area contributed by atoms with Crippen molar-refractivity contribution in [1.82, 2.24) is 0 Å². The van der Waals surface area contributed by atoms with Gasteiger partial charge < -0.3 is 9.78 Å². The minimum Gasteiger partial charge on any atom is -0.331 e. The Bertz CT molecular complexity index is 142. The number of rotatable bonds is 7. The standard InChI is InChI=1S/C6H10O4S2/c1-5(11)9-7-3-4-8-10-6(2)12/h11-12H,1-4H2. The Labute approximate surface area is 81.8 Å². The highest BCUT2D eigenvalue weighted by molar-refractivity contribution is 7.84. The largest absolute Gasteiger partial charge is 0.331 e. The van der Waals surface area contributed by atoms with Crippen molar-refractivity contribution in [3.05, 3.63) is 23.3 Å². The Balaban J connectivity index is 3.01. The summed E-state index contributed by atoms with van der Waals surface area (Å²) in [5.41, 5.74) is 0. The van der Waals surface area contributed by atoms with Crippen molar-refractivity contribution in [2.24, 2.45) is 0 Å². The van der Waals surface area contributed by atoms with Crippen molar-refractivity contribution in [3.8, 4) is 0 Å². The highest BCUT2D eigenvalue weighted by atomic mass is 32.1. The first-order valence-electron chi connectivity index (χ1n) is 2.97. The topological polar surface area (TPSA) is 36.9 Å². The van der Waals surface area contributed by atoms with Crippen LogP contribution in [0.15, 0.2) is 23.3 Å². The third-order valence-corrected chi connectivity index (χ3v) is 0.709. The molecule has 0 saturated heterocycles. The lowest BCUT2D eigenvalue weighted by molar-refractivity contribution is -0.303. The minimum atomic E-state index is 0.175. The van der Waals surface area contributed by atoms with Crippen LogP contribution in [0.5, 0.6) is 0 Å². The fraction of sp³-hybridized carbons (Fsp3) is 0.333. The molecule has 0 atom stereocenters. The van der Waals surface area contributed by atoms with Gasteiger partial charge in [-0.2, -0.15) is 9.78 Å². The van der Waals surface area contributed by atoms with Gasteiger partial charge in [-0.15, -0.1) is 25.3 Å². The van der Waals surface area contributed by atoms with Crippen molar-refractivity contribution in [2.45, 2.75) is 0 Å². The van der Waals surface area contributed by atoms with E-state index in [1.807, 2.05) is 0 Å². The quantitative estimate of drug-likeness (QED) is 0.220. The Morgan fingerprint density at radius 2 is 1.25 bits per heavy atom. The number of thiol groups is 2. The van der Waals surface area contributed by atoms with E-state index in [0.717, 1.165) is 0 Å². The van der Waals surface area contributed by atoms with Crippen LogP contribution in [0.25, 0.3) is 0 Å². The molecule has 12 heavy (non-hydrogen) atoms. The highest BCUT2D eigenvalue weighted by Gasteiger charge is 1.92. The lowest BCUT2D eigenvalue weighted by Crippen LogP contribution is -2.03. The molecule has 70 valence electrons. The molecule has 0 saturated carbocycles. The predicted molar refractivity (Wildman–Crippen MR) is 50.3 cm³/mol. The van der Waals surface area contributed by atoms with E-state index in [0.29, 0.717) is 0 Å². The summed E-state index contributed by atoms with van der Waals surface area (Å²) < 4.78 is 0. The van der Waals surface area contributed by atoms with E-state index in [1.165, 1.54) is 0 Å². The molecule has 0 aliphatic rings. The van der Waals surface area contributed by atoms with E-state index in [4.69, 9.17) is 0 Å². The zero-order valence-electron chi connectivity index (χ0n) is 6.36. The van der Waals surface area contributed by atoms with Gasteiger partial charge in [-0.05, 0) is 13.2 Å². The van der Waals surface area contributed by atoms with Crippen LogP contribution in [0.2, 0.25) is 0 Å². The maximum atomic E-state index is 4.54. The molecule has 0 fully saturated rings. The lowest BCUT2D eigenvalue weighted by Gasteiger charge is -2.03. The summed E-state index contributed by atoms with van der Waals surface area (Å²) in [6.07, 6.45) is 0. The molecule has 0 aromatic rings. The molecule has 6 heteroatoms. The predicted octanol–water partition coefficient (Wildman–Crippen LogP) is 1.68. The first-order valence-corrected chi connectivity index (χ1v) is 3.87. The third-order valence-electron chi connectivity index (χ3n) is 0.560. The second-order valence-electron chi connectivity index (χ2n) is 1.60. The Hall–Kier alpha value is -0.300. The molecular formula is C6H10O4S2. The van der Waals surface area contributed by atoms with Gasteiger partial charge in [-0.25, -0.2) is 0 Å². The van der Waals surface area contributed by atoms with Gasteiger partial charge in [-0.3, -0.25) is 0 Å². The smallest absolute Gasteiger partial charge is 0.188 e. The molecule has 0 rings (SSSR count). The summed E-state index contributed by atoms with van der Waals surface area (Å²) >= 11 is 7.43. The van der Waals surface area contributed by atoms with Crippen molar-refractivity contribution >= 4 is 25.3 Å². The molecule has 0 aliphatic heterocycles. The van der Waals surface area contributed by atoms with Gasteiger partial charge >= 0.3 is 0 Å². The van der Waals surface area contributed by atoms with Gasteiger partial charge in [-0.1, -0.05) is 0 Å². The molecule has 0 N–H and O–H groups in total. The summed E-state index contributed by atoms with van der Waals surface area (Å²) in [7, 11) is 0. The minimum absolute atomic E-state index is 0.175. The summed E-state index contributed by atoms with van der Waals surface area (Å²) in [5, 5.41) is 0.351. The molecule has 0 spiro atoms. The number of hydrogen-bond donors (Lipinski definition) is 2.